The lowest BCUT2D eigenvalue weighted by Crippen LogP contribution is -2.44. The monoisotopic (exact) mass is 260 g/mol. The van der Waals surface area contributed by atoms with Gasteiger partial charge in [0, 0.05) is 32.2 Å². The van der Waals surface area contributed by atoms with Crippen molar-refractivity contribution in [2.45, 2.75) is 51.6 Å². The third-order valence-electron chi connectivity index (χ3n) is 2.54. The summed E-state index contributed by atoms with van der Waals surface area (Å²) in [6.45, 7) is 4.38. The van der Waals surface area contributed by atoms with Gasteiger partial charge in [0.25, 0.3) is 0 Å². The van der Waals surface area contributed by atoms with Gasteiger partial charge >= 0.3 is 12.0 Å². The molecule has 106 valence electrons. The van der Waals surface area contributed by atoms with Gasteiger partial charge in [0.05, 0.1) is 0 Å². The highest BCUT2D eigenvalue weighted by Gasteiger charge is 2.10. The molecule has 6 nitrogen and oxygen atoms in total. The van der Waals surface area contributed by atoms with E-state index < -0.39 is 5.97 Å². The molecule has 2 unspecified atom stereocenters. The van der Waals surface area contributed by atoms with Crippen molar-refractivity contribution in [3.8, 4) is 0 Å². The van der Waals surface area contributed by atoms with Gasteiger partial charge in [-0.3, -0.25) is 4.79 Å². The smallest absolute Gasteiger partial charge is 0.315 e. The Labute approximate surface area is 108 Å². The number of urea groups is 1. The van der Waals surface area contributed by atoms with E-state index in [0.717, 1.165) is 6.42 Å². The van der Waals surface area contributed by atoms with Crippen LogP contribution in [0.2, 0.25) is 0 Å². The van der Waals surface area contributed by atoms with Crippen LogP contribution in [0.5, 0.6) is 0 Å². The average Bonchev–Trinajstić information content (AvgIpc) is 2.25. The molecule has 2 amide bonds. The predicted octanol–water partition coefficient (Wildman–Crippen LogP) is 1.35. The number of aliphatic carboxylic acids is 1. The van der Waals surface area contributed by atoms with E-state index in [1.165, 1.54) is 0 Å². The van der Waals surface area contributed by atoms with Crippen LogP contribution in [0.3, 0.4) is 0 Å². The third kappa shape index (κ3) is 9.89. The lowest BCUT2D eigenvalue weighted by atomic mass is 10.1. The van der Waals surface area contributed by atoms with E-state index in [4.69, 9.17) is 9.84 Å². The summed E-state index contributed by atoms with van der Waals surface area (Å²) in [4.78, 5) is 21.9. The van der Waals surface area contributed by atoms with Gasteiger partial charge in [0.2, 0.25) is 0 Å². The number of carbonyl (C=O) groups excluding carboxylic acids is 1. The van der Waals surface area contributed by atoms with E-state index >= 15 is 0 Å². The fourth-order valence-corrected chi connectivity index (χ4v) is 1.49. The molecule has 3 N–H and O–H groups in total. The highest BCUT2D eigenvalue weighted by Crippen LogP contribution is 2.00. The number of nitrogens with one attached hydrogen (secondary N) is 2. The minimum Gasteiger partial charge on any atom is -0.481 e. The molecule has 0 aliphatic rings. The van der Waals surface area contributed by atoms with E-state index in [1.807, 2.05) is 13.8 Å². The van der Waals surface area contributed by atoms with Crippen molar-refractivity contribution in [1.82, 2.24) is 10.6 Å². The summed E-state index contributed by atoms with van der Waals surface area (Å²) in [7, 11) is 1.62. The van der Waals surface area contributed by atoms with Crippen molar-refractivity contribution < 1.29 is 19.4 Å². The molecule has 6 heteroatoms. The van der Waals surface area contributed by atoms with Crippen molar-refractivity contribution >= 4 is 12.0 Å². The predicted molar refractivity (Wildman–Crippen MR) is 68.6 cm³/mol. The quantitative estimate of drug-likeness (QED) is 0.584. The Morgan fingerprint density at radius 1 is 1.17 bits per heavy atom. The summed E-state index contributed by atoms with van der Waals surface area (Å²) in [6, 6.07) is -0.198. The standard InChI is InChI=1S/C12H24N2O4/c1-9(5-4-6-11(15)16)13-12(17)14-10(2)7-8-18-3/h9-10H,4-8H2,1-3H3,(H,15,16)(H2,13,14,17). The number of amides is 2. The largest absolute Gasteiger partial charge is 0.481 e. The normalized spacial score (nSPS) is 13.7. The van der Waals surface area contributed by atoms with Crippen LogP contribution in [0.1, 0.15) is 39.5 Å². The number of hydrogen-bond donors (Lipinski definition) is 3. The maximum Gasteiger partial charge on any atom is 0.315 e. The van der Waals surface area contributed by atoms with Crippen molar-refractivity contribution in [2.75, 3.05) is 13.7 Å². The number of rotatable bonds is 9. The molecule has 0 radical (unpaired) electrons. The second-order valence-electron chi connectivity index (χ2n) is 4.49. The van der Waals surface area contributed by atoms with Gasteiger partial charge in [-0.05, 0) is 33.1 Å². The summed E-state index contributed by atoms with van der Waals surface area (Å²) in [5, 5.41) is 14.1. The van der Waals surface area contributed by atoms with Crippen LogP contribution in [0.4, 0.5) is 4.79 Å². The molecular weight excluding hydrogens is 236 g/mol. The number of ether oxygens (including phenoxy) is 1. The first-order chi connectivity index (χ1) is 8.45. The topological polar surface area (TPSA) is 87.7 Å². The molecule has 0 aromatic heterocycles. The fraction of sp³-hybridized carbons (Fsp3) is 0.833. The number of methoxy groups -OCH3 is 1. The molecule has 0 aromatic carbocycles. The van der Waals surface area contributed by atoms with E-state index in [9.17, 15) is 9.59 Å². The Hall–Kier alpha value is -1.30. The molecule has 0 aliphatic heterocycles. The summed E-state index contributed by atoms with van der Waals surface area (Å²) >= 11 is 0. The third-order valence-corrected chi connectivity index (χ3v) is 2.54. The van der Waals surface area contributed by atoms with Crippen molar-refractivity contribution in [1.29, 1.82) is 0 Å². The van der Waals surface area contributed by atoms with Gasteiger partial charge in [-0.1, -0.05) is 0 Å². The molecule has 0 bridgehead atoms. The summed E-state index contributed by atoms with van der Waals surface area (Å²) in [5.74, 6) is -0.806. The lowest BCUT2D eigenvalue weighted by molar-refractivity contribution is -0.137. The molecule has 0 rings (SSSR count). The molecule has 0 saturated heterocycles. The van der Waals surface area contributed by atoms with E-state index in [1.54, 1.807) is 7.11 Å². The Bertz CT molecular complexity index is 258. The minimum absolute atomic E-state index is 0.0287. The first-order valence-corrected chi connectivity index (χ1v) is 6.23. The first-order valence-electron chi connectivity index (χ1n) is 6.23. The highest BCUT2D eigenvalue weighted by atomic mass is 16.5. The average molecular weight is 260 g/mol. The van der Waals surface area contributed by atoms with Gasteiger partial charge < -0.3 is 20.5 Å². The van der Waals surface area contributed by atoms with Crippen LogP contribution < -0.4 is 10.6 Å². The maximum atomic E-state index is 11.5. The minimum atomic E-state index is -0.806. The SMILES string of the molecule is COCCC(C)NC(=O)NC(C)CCCC(=O)O. The molecule has 0 saturated carbocycles. The van der Waals surface area contributed by atoms with Crippen molar-refractivity contribution in [2.24, 2.45) is 0 Å². The van der Waals surface area contributed by atoms with Gasteiger partial charge in [0.15, 0.2) is 0 Å². The molecule has 0 fully saturated rings. The van der Waals surface area contributed by atoms with Gasteiger partial charge in [-0.15, -0.1) is 0 Å². The molecule has 0 aliphatic carbocycles. The maximum absolute atomic E-state index is 11.5. The molecule has 0 spiro atoms. The molecule has 2 atom stereocenters. The van der Waals surface area contributed by atoms with Crippen LogP contribution in [0.15, 0.2) is 0 Å². The van der Waals surface area contributed by atoms with Crippen LogP contribution in [-0.4, -0.2) is 42.9 Å². The lowest BCUT2D eigenvalue weighted by Gasteiger charge is -2.17. The van der Waals surface area contributed by atoms with Crippen LogP contribution in [0.25, 0.3) is 0 Å². The zero-order valence-electron chi connectivity index (χ0n) is 11.4. The Morgan fingerprint density at radius 2 is 1.72 bits per heavy atom. The van der Waals surface area contributed by atoms with E-state index in [-0.39, 0.29) is 24.5 Å². The second-order valence-corrected chi connectivity index (χ2v) is 4.49. The molecular formula is C12H24N2O4. The zero-order valence-corrected chi connectivity index (χ0v) is 11.4. The summed E-state index contributed by atoms with van der Waals surface area (Å²) < 4.78 is 4.92. The van der Waals surface area contributed by atoms with Crippen molar-refractivity contribution in [3.05, 3.63) is 0 Å². The van der Waals surface area contributed by atoms with Gasteiger partial charge in [-0.25, -0.2) is 4.79 Å². The summed E-state index contributed by atoms with van der Waals surface area (Å²) in [6.07, 6.45) is 2.12. The first kappa shape index (κ1) is 16.7. The van der Waals surface area contributed by atoms with E-state index in [0.29, 0.717) is 19.4 Å². The van der Waals surface area contributed by atoms with Gasteiger partial charge in [-0.2, -0.15) is 0 Å². The zero-order chi connectivity index (χ0) is 14.0. The molecule has 0 heterocycles. The Morgan fingerprint density at radius 3 is 2.22 bits per heavy atom. The molecule has 0 aromatic rings. The fourth-order valence-electron chi connectivity index (χ4n) is 1.49. The Balaban J connectivity index is 3.69. The van der Waals surface area contributed by atoms with E-state index in [2.05, 4.69) is 10.6 Å². The number of hydrogen-bond acceptors (Lipinski definition) is 3. The Kier molecular flexibility index (Phi) is 9.00. The summed E-state index contributed by atoms with van der Waals surface area (Å²) in [5.41, 5.74) is 0. The number of carbonyl (C=O) groups is 2. The van der Waals surface area contributed by atoms with Gasteiger partial charge in [0.1, 0.15) is 0 Å². The van der Waals surface area contributed by atoms with Crippen LogP contribution >= 0.6 is 0 Å². The second kappa shape index (κ2) is 9.70. The molecule has 18 heavy (non-hydrogen) atoms. The van der Waals surface area contributed by atoms with Crippen LogP contribution in [-0.2, 0) is 9.53 Å². The number of carboxylic acids is 1. The number of carboxylic acid groups (broad SMARTS) is 1. The highest BCUT2D eigenvalue weighted by molar-refractivity contribution is 5.74. The van der Waals surface area contributed by atoms with Crippen molar-refractivity contribution in [3.63, 3.8) is 0 Å². The van der Waals surface area contributed by atoms with Crippen LogP contribution in [0, 0.1) is 0 Å².